The predicted molar refractivity (Wildman–Crippen MR) is 113 cm³/mol. The van der Waals surface area contributed by atoms with Crippen LogP contribution in [0.1, 0.15) is 25.5 Å². The molecule has 0 radical (unpaired) electrons. The number of aromatic hydroxyl groups is 1. The quantitative estimate of drug-likeness (QED) is 0.549. The second-order valence-corrected chi connectivity index (χ2v) is 7.37. The summed E-state index contributed by atoms with van der Waals surface area (Å²) >= 11 is 0. The van der Waals surface area contributed by atoms with Gasteiger partial charge < -0.3 is 19.9 Å². The van der Waals surface area contributed by atoms with Crippen LogP contribution in [-0.4, -0.2) is 38.7 Å². The van der Waals surface area contributed by atoms with Gasteiger partial charge in [0.25, 0.3) is 0 Å². The standard InChI is InChI=1S/C21H24N6O/c1-13(2)27-12-16-18(20(27)28)24-21(26(3)4)25-19(16)23-11-14-9-15-7-5-6-8-17(15)22-10-14/h5-10,12-13,28H,11H2,1-4H3,(H,23,24,25). The van der Waals surface area contributed by atoms with Crippen molar-refractivity contribution in [3.8, 4) is 5.88 Å². The second kappa shape index (κ2) is 6.99. The maximum Gasteiger partial charge on any atom is 0.227 e. The van der Waals surface area contributed by atoms with Crippen LogP contribution >= 0.6 is 0 Å². The minimum atomic E-state index is 0.120. The first-order valence-corrected chi connectivity index (χ1v) is 9.30. The van der Waals surface area contributed by atoms with Gasteiger partial charge in [0, 0.05) is 44.5 Å². The molecule has 7 heteroatoms. The number of rotatable bonds is 5. The summed E-state index contributed by atoms with van der Waals surface area (Å²) in [5.41, 5.74) is 2.58. The summed E-state index contributed by atoms with van der Waals surface area (Å²) in [6.07, 6.45) is 3.77. The van der Waals surface area contributed by atoms with Gasteiger partial charge in [-0.1, -0.05) is 18.2 Å². The van der Waals surface area contributed by atoms with Gasteiger partial charge in [-0.15, -0.1) is 0 Å². The zero-order valence-electron chi connectivity index (χ0n) is 16.5. The first kappa shape index (κ1) is 18.0. The molecule has 0 amide bonds. The zero-order chi connectivity index (χ0) is 19.8. The molecule has 144 valence electrons. The van der Waals surface area contributed by atoms with Crippen molar-refractivity contribution in [2.24, 2.45) is 0 Å². The fraction of sp³-hybridized carbons (Fsp3) is 0.286. The Bertz CT molecular complexity index is 1150. The van der Waals surface area contributed by atoms with Crippen molar-refractivity contribution in [1.82, 2.24) is 19.5 Å². The summed E-state index contributed by atoms with van der Waals surface area (Å²) < 4.78 is 1.81. The van der Waals surface area contributed by atoms with Crippen molar-refractivity contribution in [1.29, 1.82) is 0 Å². The molecule has 3 heterocycles. The van der Waals surface area contributed by atoms with Crippen molar-refractivity contribution in [2.75, 3.05) is 24.3 Å². The van der Waals surface area contributed by atoms with Crippen LogP contribution in [0.15, 0.2) is 42.7 Å². The maximum atomic E-state index is 10.6. The molecule has 0 atom stereocenters. The summed E-state index contributed by atoms with van der Waals surface area (Å²) in [6.45, 7) is 4.61. The molecule has 0 fully saturated rings. The Kier molecular flexibility index (Phi) is 4.50. The van der Waals surface area contributed by atoms with E-state index >= 15 is 0 Å². The molecule has 0 aliphatic rings. The van der Waals surface area contributed by atoms with Gasteiger partial charge >= 0.3 is 0 Å². The number of nitrogens with zero attached hydrogens (tertiary/aromatic N) is 5. The fourth-order valence-electron chi connectivity index (χ4n) is 3.20. The highest BCUT2D eigenvalue weighted by molar-refractivity contribution is 5.94. The average molecular weight is 376 g/mol. The molecule has 1 aromatic carbocycles. The zero-order valence-corrected chi connectivity index (χ0v) is 16.5. The third-order valence-corrected chi connectivity index (χ3v) is 4.72. The monoisotopic (exact) mass is 376 g/mol. The minimum absolute atomic E-state index is 0.120. The first-order valence-electron chi connectivity index (χ1n) is 9.30. The number of fused-ring (bicyclic) bond motifs is 2. The summed E-state index contributed by atoms with van der Waals surface area (Å²) in [5.74, 6) is 1.39. The summed E-state index contributed by atoms with van der Waals surface area (Å²) in [4.78, 5) is 15.5. The van der Waals surface area contributed by atoms with Crippen molar-refractivity contribution in [3.05, 3.63) is 48.3 Å². The van der Waals surface area contributed by atoms with Gasteiger partial charge in [0.2, 0.25) is 11.8 Å². The Hall–Kier alpha value is -3.35. The van der Waals surface area contributed by atoms with E-state index in [2.05, 4.69) is 32.4 Å². The molecule has 4 rings (SSSR count). The molecule has 28 heavy (non-hydrogen) atoms. The molecule has 7 nitrogen and oxygen atoms in total. The Morgan fingerprint density at radius 2 is 1.96 bits per heavy atom. The number of hydrogen-bond donors (Lipinski definition) is 2. The van der Waals surface area contributed by atoms with Crippen molar-refractivity contribution in [3.63, 3.8) is 0 Å². The number of aromatic nitrogens is 4. The Morgan fingerprint density at radius 3 is 2.71 bits per heavy atom. The molecule has 0 saturated heterocycles. The highest BCUT2D eigenvalue weighted by Crippen LogP contribution is 2.33. The number of para-hydroxylation sites is 1. The number of anilines is 2. The smallest absolute Gasteiger partial charge is 0.227 e. The molecule has 0 aliphatic carbocycles. The first-order chi connectivity index (χ1) is 13.4. The van der Waals surface area contributed by atoms with E-state index in [1.165, 1.54) is 0 Å². The summed E-state index contributed by atoms with van der Waals surface area (Å²) in [5, 5.41) is 15.9. The van der Waals surface area contributed by atoms with Crippen LogP contribution in [0.3, 0.4) is 0 Å². The third-order valence-electron chi connectivity index (χ3n) is 4.72. The molecule has 3 aromatic heterocycles. The van der Waals surface area contributed by atoms with Crippen LogP contribution < -0.4 is 10.2 Å². The maximum absolute atomic E-state index is 10.6. The van der Waals surface area contributed by atoms with Crippen LogP contribution in [0.25, 0.3) is 21.8 Å². The van der Waals surface area contributed by atoms with Crippen LogP contribution in [0.4, 0.5) is 11.8 Å². The minimum Gasteiger partial charge on any atom is -0.493 e. The third kappa shape index (κ3) is 3.19. The molecule has 0 unspecified atom stereocenters. The number of nitrogens with one attached hydrogen (secondary N) is 1. The predicted octanol–water partition coefficient (Wildman–Crippen LogP) is 3.94. The van der Waals surface area contributed by atoms with E-state index in [0.29, 0.717) is 23.8 Å². The van der Waals surface area contributed by atoms with Gasteiger partial charge in [-0.2, -0.15) is 4.98 Å². The van der Waals surface area contributed by atoms with Crippen LogP contribution in [0.2, 0.25) is 0 Å². The normalized spacial score (nSPS) is 11.5. The van der Waals surface area contributed by atoms with E-state index in [1.807, 2.05) is 68.0 Å². The van der Waals surface area contributed by atoms with Gasteiger partial charge in [0.05, 0.1) is 10.9 Å². The molecule has 0 bridgehead atoms. The molecule has 4 aromatic rings. The van der Waals surface area contributed by atoms with E-state index in [-0.39, 0.29) is 11.9 Å². The highest BCUT2D eigenvalue weighted by Gasteiger charge is 2.18. The Balaban J connectivity index is 1.72. The number of pyridine rings is 1. The van der Waals surface area contributed by atoms with E-state index in [9.17, 15) is 5.11 Å². The number of hydrogen-bond acceptors (Lipinski definition) is 6. The van der Waals surface area contributed by atoms with Gasteiger partial charge in [-0.05, 0) is 31.5 Å². The largest absolute Gasteiger partial charge is 0.493 e. The number of benzene rings is 1. The molecule has 0 saturated carbocycles. The summed E-state index contributed by atoms with van der Waals surface area (Å²) in [6, 6.07) is 10.3. The van der Waals surface area contributed by atoms with E-state index in [4.69, 9.17) is 0 Å². The van der Waals surface area contributed by atoms with Gasteiger partial charge in [-0.25, -0.2) is 4.98 Å². The lowest BCUT2D eigenvalue weighted by molar-refractivity contribution is 0.404. The van der Waals surface area contributed by atoms with Crippen molar-refractivity contribution >= 4 is 33.6 Å². The molecular weight excluding hydrogens is 352 g/mol. The molecular formula is C21H24N6O. The van der Waals surface area contributed by atoms with E-state index < -0.39 is 0 Å². The van der Waals surface area contributed by atoms with Crippen LogP contribution in [-0.2, 0) is 6.54 Å². The topological polar surface area (TPSA) is 79.1 Å². The summed E-state index contributed by atoms with van der Waals surface area (Å²) in [7, 11) is 3.77. The SMILES string of the molecule is CC(C)n1cc2c(NCc3cnc4ccccc4c3)nc(N(C)C)nc2c1O. The highest BCUT2D eigenvalue weighted by atomic mass is 16.3. The van der Waals surface area contributed by atoms with Crippen LogP contribution in [0, 0.1) is 0 Å². The molecule has 0 spiro atoms. The van der Waals surface area contributed by atoms with Crippen molar-refractivity contribution in [2.45, 2.75) is 26.4 Å². The van der Waals surface area contributed by atoms with E-state index in [0.717, 1.165) is 21.9 Å². The van der Waals surface area contributed by atoms with E-state index in [1.54, 1.807) is 0 Å². The molecule has 2 N–H and O–H groups in total. The van der Waals surface area contributed by atoms with Gasteiger partial charge in [0.15, 0.2) is 0 Å². The lowest BCUT2D eigenvalue weighted by atomic mass is 10.1. The van der Waals surface area contributed by atoms with Crippen LogP contribution in [0.5, 0.6) is 5.88 Å². The Labute approximate surface area is 163 Å². The average Bonchev–Trinajstić information content (AvgIpc) is 3.03. The second-order valence-electron chi connectivity index (χ2n) is 7.37. The van der Waals surface area contributed by atoms with Crippen molar-refractivity contribution < 1.29 is 5.11 Å². The molecule has 0 aliphatic heterocycles. The van der Waals surface area contributed by atoms with Gasteiger partial charge in [-0.3, -0.25) is 4.98 Å². The Morgan fingerprint density at radius 1 is 1.18 bits per heavy atom. The fourth-order valence-corrected chi connectivity index (χ4v) is 3.20. The lowest BCUT2D eigenvalue weighted by Gasteiger charge is -2.13. The van der Waals surface area contributed by atoms with Gasteiger partial charge in [0.1, 0.15) is 11.3 Å². The lowest BCUT2D eigenvalue weighted by Crippen LogP contribution is -2.14.